The molecule has 7 rings (SSSR count). The van der Waals surface area contributed by atoms with Crippen molar-refractivity contribution in [2.45, 2.75) is 50.9 Å². The molecule has 1 nitrogen and oxygen atoms in total. The van der Waals surface area contributed by atoms with Crippen LogP contribution in [0.25, 0.3) is 11.1 Å². The largest absolute Gasteiger partial charge is 0.342 e. The average Bonchev–Trinajstić information content (AvgIpc) is 3.37. The summed E-state index contributed by atoms with van der Waals surface area (Å²) in [6.45, 7) is 3.21. The van der Waals surface area contributed by atoms with E-state index in [2.05, 4.69) is 96.8 Å². The van der Waals surface area contributed by atoms with Crippen LogP contribution in [0.15, 0.2) is 107 Å². The normalized spacial score (nSPS) is 22.0. The highest BCUT2D eigenvalue weighted by Gasteiger charge is 2.53. The van der Waals surface area contributed by atoms with Crippen LogP contribution < -0.4 is 4.90 Å². The molecule has 34 heavy (non-hydrogen) atoms. The lowest BCUT2D eigenvalue weighted by Crippen LogP contribution is -2.30. The maximum Gasteiger partial charge on any atom is 0.0649 e. The van der Waals surface area contributed by atoms with Gasteiger partial charge in [-0.25, -0.2) is 0 Å². The van der Waals surface area contributed by atoms with E-state index in [0.29, 0.717) is 0 Å². The van der Waals surface area contributed by atoms with Gasteiger partial charge in [0.15, 0.2) is 0 Å². The van der Waals surface area contributed by atoms with E-state index in [1.54, 1.807) is 22.3 Å². The molecule has 4 aliphatic rings. The Morgan fingerprint density at radius 3 is 2.41 bits per heavy atom. The van der Waals surface area contributed by atoms with Crippen LogP contribution in [0, 0.1) is 0 Å². The summed E-state index contributed by atoms with van der Waals surface area (Å²) in [5, 5.41) is 0. The molecule has 0 aliphatic heterocycles. The number of nitrogens with zero attached hydrogens (tertiary/aromatic N) is 1. The SMILES string of the molecule is CCN(c1ccccc1)c1ccc2c(c1)C1(C3=C(C=CCC3)C3=C1CCCC3)c1ccccc1-2. The summed E-state index contributed by atoms with van der Waals surface area (Å²) < 4.78 is 0. The molecule has 0 saturated carbocycles. The van der Waals surface area contributed by atoms with E-state index >= 15 is 0 Å². The lowest BCUT2D eigenvalue weighted by molar-refractivity contribution is 0.601. The first kappa shape index (κ1) is 20.1. The predicted octanol–water partition coefficient (Wildman–Crippen LogP) is 8.64. The maximum atomic E-state index is 2.54. The molecule has 1 unspecified atom stereocenters. The van der Waals surface area contributed by atoms with Crippen molar-refractivity contribution >= 4 is 11.4 Å². The summed E-state index contributed by atoms with van der Waals surface area (Å²) in [7, 11) is 0. The van der Waals surface area contributed by atoms with E-state index in [0.717, 1.165) is 13.0 Å². The van der Waals surface area contributed by atoms with Gasteiger partial charge < -0.3 is 4.90 Å². The van der Waals surface area contributed by atoms with Gasteiger partial charge in [0.05, 0.1) is 5.41 Å². The van der Waals surface area contributed by atoms with Crippen LogP contribution in [0.1, 0.15) is 56.6 Å². The van der Waals surface area contributed by atoms with Crippen LogP contribution in [0.3, 0.4) is 0 Å². The molecule has 1 atom stereocenters. The molecule has 0 bridgehead atoms. The van der Waals surface area contributed by atoms with Gasteiger partial charge in [-0.15, -0.1) is 0 Å². The molecule has 3 aromatic rings. The highest BCUT2D eigenvalue weighted by molar-refractivity contribution is 5.90. The van der Waals surface area contributed by atoms with Crippen molar-refractivity contribution in [3.05, 3.63) is 118 Å². The van der Waals surface area contributed by atoms with Crippen molar-refractivity contribution < 1.29 is 0 Å². The minimum Gasteiger partial charge on any atom is -0.342 e. The van der Waals surface area contributed by atoms with Crippen LogP contribution in [0.4, 0.5) is 11.4 Å². The lowest BCUT2D eigenvalue weighted by atomic mass is 9.65. The Hall–Kier alpha value is -3.32. The first-order valence-corrected chi connectivity index (χ1v) is 13.0. The van der Waals surface area contributed by atoms with E-state index in [4.69, 9.17) is 0 Å². The van der Waals surface area contributed by atoms with Crippen LogP contribution in [0.5, 0.6) is 0 Å². The van der Waals surface area contributed by atoms with Gasteiger partial charge in [0, 0.05) is 17.9 Å². The van der Waals surface area contributed by atoms with Gasteiger partial charge in [-0.2, -0.15) is 0 Å². The molecule has 0 saturated heterocycles. The van der Waals surface area contributed by atoms with Gasteiger partial charge >= 0.3 is 0 Å². The molecule has 0 amide bonds. The number of benzene rings is 3. The van der Waals surface area contributed by atoms with Gasteiger partial charge in [-0.1, -0.05) is 60.7 Å². The molecule has 0 fully saturated rings. The van der Waals surface area contributed by atoms with Crippen molar-refractivity contribution in [2.75, 3.05) is 11.4 Å². The van der Waals surface area contributed by atoms with Gasteiger partial charge in [0.2, 0.25) is 0 Å². The number of fused-ring (bicyclic) bond motifs is 8. The van der Waals surface area contributed by atoms with E-state index in [1.807, 2.05) is 0 Å². The predicted molar refractivity (Wildman–Crippen MR) is 143 cm³/mol. The number of anilines is 2. The fraction of sp³-hybridized carbons (Fsp3) is 0.273. The Labute approximate surface area is 203 Å². The minimum atomic E-state index is -0.0616. The molecular weight excluding hydrogens is 410 g/mol. The van der Waals surface area contributed by atoms with Crippen LogP contribution >= 0.6 is 0 Å². The third-order valence-electron chi connectivity index (χ3n) is 8.59. The van der Waals surface area contributed by atoms with Crippen LogP contribution in [-0.2, 0) is 5.41 Å². The molecule has 4 aliphatic carbocycles. The number of para-hydroxylation sites is 1. The summed E-state index contributed by atoms with van der Waals surface area (Å²) in [5.41, 5.74) is 15.1. The first-order chi connectivity index (χ1) is 16.8. The summed E-state index contributed by atoms with van der Waals surface area (Å²) in [6, 6.07) is 27.4. The number of hydrogen-bond donors (Lipinski definition) is 0. The van der Waals surface area contributed by atoms with Gasteiger partial charge in [0.25, 0.3) is 0 Å². The Kier molecular flexibility index (Phi) is 4.49. The molecular formula is C33H31N. The Balaban J connectivity index is 1.52. The standard InChI is InChI=1S/C33H31N/c1-2-34(23-12-4-3-5-13-23)24-20-21-28-27-16-8-11-19-31(27)33(32(28)22-24)29-17-9-6-14-25(29)26-15-7-10-18-30(26)33/h3-6,8,11-14,16,19-22H,2,7,9-10,15,17-18H2,1H3. The van der Waals surface area contributed by atoms with E-state index < -0.39 is 0 Å². The second-order valence-corrected chi connectivity index (χ2v) is 10.1. The van der Waals surface area contributed by atoms with Crippen molar-refractivity contribution in [3.8, 4) is 11.1 Å². The Bertz CT molecular complexity index is 1390. The Morgan fingerprint density at radius 1 is 0.735 bits per heavy atom. The molecule has 1 heteroatoms. The van der Waals surface area contributed by atoms with Gasteiger partial charge in [0.1, 0.15) is 0 Å². The monoisotopic (exact) mass is 441 g/mol. The second kappa shape index (κ2) is 7.60. The fourth-order valence-electron chi connectivity index (χ4n) is 7.34. The highest BCUT2D eigenvalue weighted by Crippen LogP contribution is 2.65. The topological polar surface area (TPSA) is 3.24 Å². The lowest BCUT2D eigenvalue weighted by Gasteiger charge is -2.37. The quantitative estimate of drug-likeness (QED) is 0.393. The first-order valence-electron chi connectivity index (χ1n) is 13.0. The molecule has 0 radical (unpaired) electrons. The third-order valence-corrected chi connectivity index (χ3v) is 8.59. The fourth-order valence-corrected chi connectivity index (χ4v) is 7.34. The summed E-state index contributed by atoms with van der Waals surface area (Å²) in [6.07, 6.45) is 12.3. The zero-order valence-electron chi connectivity index (χ0n) is 20.0. The molecule has 1 spiro atoms. The summed E-state index contributed by atoms with van der Waals surface area (Å²) in [4.78, 5) is 2.46. The minimum absolute atomic E-state index is 0.0616. The van der Waals surface area contributed by atoms with E-state index in [1.165, 1.54) is 65.7 Å². The molecule has 0 heterocycles. The third kappa shape index (κ3) is 2.56. The Morgan fingerprint density at radius 2 is 1.53 bits per heavy atom. The summed E-state index contributed by atoms with van der Waals surface area (Å²) >= 11 is 0. The van der Waals surface area contributed by atoms with Crippen LogP contribution in [0.2, 0.25) is 0 Å². The van der Waals surface area contributed by atoms with E-state index in [9.17, 15) is 0 Å². The zero-order chi connectivity index (χ0) is 22.7. The van der Waals surface area contributed by atoms with E-state index in [-0.39, 0.29) is 5.41 Å². The van der Waals surface area contributed by atoms with Crippen molar-refractivity contribution in [1.82, 2.24) is 0 Å². The molecule has 0 N–H and O–H groups in total. The van der Waals surface area contributed by atoms with Gasteiger partial charge in [-0.3, -0.25) is 0 Å². The van der Waals surface area contributed by atoms with Crippen molar-refractivity contribution in [3.63, 3.8) is 0 Å². The maximum absolute atomic E-state index is 2.54. The van der Waals surface area contributed by atoms with Gasteiger partial charge in [-0.05, 0) is 114 Å². The smallest absolute Gasteiger partial charge is 0.0649 e. The van der Waals surface area contributed by atoms with Crippen LogP contribution in [-0.4, -0.2) is 6.54 Å². The highest BCUT2D eigenvalue weighted by atomic mass is 15.1. The second-order valence-electron chi connectivity index (χ2n) is 10.1. The van der Waals surface area contributed by atoms with Crippen molar-refractivity contribution in [2.24, 2.45) is 0 Å². The van der Waals surface area contributed by atoms with Crippen molar-refractivity contribution in [1.29, 1.82) is 0 Å². The summed E-state index contributed by atoms with van der Waals surface area (Å²) in [5.74, 6) is 0. The number of allylic oxidation sites excluding steroid dienone is 6. The molecule has 0 aromatic heterocycles. The molecule has 3 aromatic carbocycles. The molecule has 168 valence electrons. The number of rotatable bonds is 3. The number of hydrogen-bond acceptors (Lipinski definition) is 1. The average molecular weight is 442 g/mol. The zero-order valence-corrected chi connectivity index (χ0v) is 20.0.